The van der Waals surface area contributed by atoms with E-state index < -0.39 is 5.91 Å². The number of carbonyl (C=O) groups is 2. The molecular weight excluding hydrogens is 244 g/mol. The smallest absolute Gasteiger partial charge is 0.270 e. The normalized spacial score (nSPS) is 14.2. The van der Waals surface area contributed by atoms with Crippen LogP contribution in [0.25, 0.3) is 0 Å². The van der Waals surface area contributed by atoms with E-state index in [1.807, 2.05) is 4.57 Å². The van der Waals surface area contributed by atoms with Crippen LogP contribution in [0.1, 0.15) is 26.5 Å². The number of carbonyl (C=O) groups excluding carboxylic acids is 2. The second-order valence-corrected chi connectivity index (χ2v) is 4.59. The van der Waals surface area contributed by atoms with E-state index in [9.17, 15) is 9.59 Å². The summed E-state index contributed by atoms with van der Waals surface area (Å²) in [6.07, 6.45) is 3.47. The predicted molar refractivity (Wildman–Crippen MR) is 68.5 cm³/mol. The second kappa shape index (κ2) is 4.31. The highest BCUT2D eigenvalue weighted by molar-refractivity contribution is 5.93. The maximum atomic E-state index is 12.2. The number of nitrogens with two attached hydrogens (primary N) is 1. The van der Waals surface area contributed by atoms with Crippen molar-refractivity contribution in [1.29, 1.82) is 0 Å². The summed E-state index contributed by atoms with van der Waals surface area (Å²) in [6, 6.07) is 5.30. The van der Waals surface area contributed by atoms with E-state index in [0.29, 0.717) is 30.9 Å². The molecule has 3 N–H and O–H groups in total. The molecule has 6 nitrogen and oxygen atoms in total. The van der Waals surface area contributed by atoms with Crippen LogP contribution in [-0.4, -0.2) is 32.8 Å². The minimum Gasteiger partial charge on any atom is -0.366 e. The summed E-state index contributed by atoms with van der Waals surface area (Å²) in [6.45, 7) is 1.79. The number of primary amides is 1. The summed E-state index contributed by atoms with van der Waals surface area (Å²) in [5.74, 6) is -0.470. The Bertz CT molecular complexity index is 627. The van der Waals surface area contributed by atoms with Gasteiger partial charge in [0.05, 0.1) is 12.1 Å². The maximum Gasteiger partial charge on any atom is 0.270 e. The van der Waals surface area contributed by atoms with Crippen molar-refractivity contribution in [1.82, 2.24) is 14.5 Å². The summed E-state index contributed by atoms with van der Waals surface area (Å²) in [4.78, 5) is 28.0. The van der Waals surface area contributed by atoms with E-state index in [-0.39, 0.29) is 5.91 Å². The second-order valence-electron chi connectivity index (χ2n) is 4.59. The van der Waals surface area contributed by atoms with E-state index in [2.05, 4.69) is 4.98 Å². The van der Waals surface area contributed by atoms with Gasteiger partial charge in [-0.05, 0) is 18.2 Å². The Hall–Kier alpha value is -2.50. The van der Waals surface area contributed by atoms with Gasteiger partial charge in [0.2, 0.25) is 5.91 Å². The van der Waals surface area contributed by atoms with Gasteiger partial charge < -0.3 is 20.2 Å². The summed E-state index contributed by atoms with van der Waals surface area (Å²) < 4.78 is 1.97. The van der Waals surface area contributed by atoms with Crippen LogP contribution in [0.5, 0.6) is 0 Å². The van der Waals surface area contributed by atoms with Crippen LogP contribution < -0.4 is 5.73 Å². The van der Waals surface area contributed by atoms with Crippen molar-refractivity contribution in [2.75, 3.05) is 6.54 Å². The van der Waals surface area contributed by atoms with Crippen LogP contribution in [0.4, 0.5) is 0 Å². The Morgan fingerprint density at radius 3 is 2.84 bits per heavy atom. The highest BCUT2D eigenvalue weighted by Crippen LogP contribution is 2.17. The number of aromatic nitrogens is 2. The molecule has 3 rings (SSSR count). The highest BCUT2D eigenvalue weighted by Gasteiger charge is 2.23. The van der Waals surface area contributed by atoms with Gasteiger partial charge in [0.25, 0.3) is 5.91 Å². The SMILES string of the molecule is NC(=O)c1cc2n(c1)CCN(C(=O)c1ccc[nH]1)C2. The predicted octanol–water partition coefficient (Wildman–Crippen LogP) is 0.571. The third-order valence-corrected chi connectivity index (χ3v) is 3.35. The lowest BCUT2D eigenvalue weighted by atomic mass is 10.2. The minimum atomic E-state index is -0.441. The topological polar surface area (TPSA) is 84.1 Å². The highest BCUT2D eigenvalue weighted by atomic mass is 16.2. The fraction of sp³-hybridized carbons (Fsp3) is 0.231. The third-order valence-electron chi connectivity index (χ3n) is 3.35. The number of hydrogen-bond acceptors (Lipinski definition) is 2. The number of hydrogen-bond donors (Lipinski definition) is 2. The van der Waals surface area contributed by atoms with Gasteiger partial charge in [-0.2, -0.15) is 0 Å². The molecule has 6 heteroatoms. The van der Waals surface area contributed by atoms with Gasteiger partial charge in [0.15, 0.2) is 0 Å². The van der Waals surface area contributed by atoms with Crippen molar-refractivity contribution in [3.05, 3.63) is 47.5 Å². The lowest BCUT2D eigenvalue weighted by molar-refractivity contribution is 0.0705. The fourth-order valence-corrected chi connectivity index (χ4v) is 2.34. The summed E-state index contributed by atoms with van der Waals surface area (Å²) >= 11 is 0. The van der Waals surface area contributed by atoms with Crippen molar-refractivity contribution in [3.63, 3.8) is 0 Å². The van der Waals surface area contributed by atoms with Crippen LogP contribution in [0.3, 0.4) is 0 Å². The van der Waals surface area contributed by atoms with E-state index in [0.717, 1.165) is 5.69 Å². The van der Waals surface area contributed by atoms with Gasteiger partial charge in [0, 0.05) is 31.2 Å². The van der Waals surface area contributed by atoms with Crippen molar-refractivity contribution in [2.45, 2.75) is 13.1 Å². The average Bonchev–Trinajstić information content (AvgIpc) is 3.06. The molecule has 0 radical (unpaired) electrons. The molecule has 0 spiro atoms. The molecule has 19 heavy (non-hydrogen) atoms. The number of fused-ring (bicyclic) bond motifs is 1. The van der Waals surface area contributed by atoms with Crippen molar-refractivity contribution >= 4 is 11.8 Å². The maximum absolute atomic E-state index is 12.2. The van der Waals surface area contributed by atoms with Crippen LogP contribution >= 0.6 is 0 Å². The fourth-order valence-electron chi connectivity index (χ4n) is 2.34. The molecule has 1 aliphatic heterocycles. The molecule has 98 valence electrons. The van der Waals surface area contributed by atoms with Gasteiger partial charge in [-0.15, -0.1) is 0 Å². The van der Waals surface area contributed by atoms with E-state index in [1.165, 1.54) is 0 Å². The standard InChI is InChI=1S/C13H14N4O2/c14-12(18)9-6-10-8-17(5-4-16(10)7-9)13(19)11-2-1-3-15-11/h1-3,6-7,15H,4-5,8H2,(H2,14,18). The van der Waals surface area contributed by atoms with Gasteiger partial charge >= 0.3 is 0 Å². The molecule has 0 saturated heterocycles. The number of nitrogens with zero attached hydrogens (tertiary/aromatic N) is 2. The number of aromatic amines is 1. The molecule has 2 aromatic rings. The van der Waals surface area contributed by atoms with E-state index in [1.54, 1.807) is 35.5 Å². The average molecular weight is 258 g/mol. The van der Waals surface area contributed by atoms with E-state index in [4.69, 9.17) is 5.73 Å². The molecular formula is C13H14N4O2. The van der Waals surface area contributed by atoms with Crippen molar-refractivity contribution in [2.24, 2.45) is 5.73 Å². The quantitative estimate of drug-likeness (QED) is 0.825. The molecule has 0 aliphatic carbocycles. The lowest BCUT2D eigenvalue weighted by Crippen LogP contribution is -2.38. The van der Waals surface area contributed by atoms with Crippen LogP contribution in [0.2, 0.25) is 0 Å². The third kappa shape index (κ3) is 2.01. The monoisotopic (exact) mass is 258 g/mol. The first-order chi connectivity index (χ1) is 9.15. The molecule has 0 atom stereocenters. The van der Waals surface area contributed by atoms with Crippen LogP contribution in [-0.2, 0) is 13.1 Å². The van der Waals surface area contributed by atoms with Crippen LogP contribution in [0.15, 0.2) is 30.6 Å². The molecule has 2 aromatic heterocycles. The largest absolute Gasteiger partial charge is 0.366 e. The first kappa shape index (κ1) is 11.6. The molecule has 0 saturated carbocycles. The van der Waals surface area contributed by atoms with Crippen molar-refractivity contribution < 1.29 is 9.59 Å². The first-order valence-electron chi connectivity index (χ1n) is 6.06. The minimum absolute atomic E-state index is 0.0296. The Kier molecular flexibility index (Phi) is 2.63. The molecule has 0 bridgehead atoms. The summed E-state index contributed by atoms with van der Waals surface area (Å²) in [5, 5.41) is 0. The van der Waals surface area contributed by atoms with Crippen molar-refractivity contribution in [3.8, 4) is 0 Å². The molecule has 0 fully saturated rings. The van der Waals surface area contributed by atoms with Gasteiger partial charge in [-0.25, -0.2) is 0 Å². The first-order valence-corrected chi connectivity index (χ1v) is 6.06. The lowest BCUT2D eigenvalue weighted by Gasteiger charge is -2.28. The number of H-pyrrole nitrogens is 1. The number of amides is 2. The Labute approximate surface area is 109 Å². The van der Waals surface area contributed by atoms with Gasteiger partial charge in [-0.3, -0.25) is 9.59 Å². The molecule has 0 aromatic carbocycles. The zero-order chi connectivity index (χ0) is 13.4. The van der Waals surface area contributed by atoms with E-state index >= 15 is 0 Å². The van der Waals surface area contributed by atoms with Gasteiger partial charge in [-0.1, -0.05) is 0 Å². The Morgan fingerprint density at radius 1 is 1.32 bits per heavy atom. The summed E-state index contributed by atoms with van der Waals surface area (Å²) in [7, 11) is 0. The van der Waals surface area contributed by atoms with Crippen LogP contribution in [0, 0.1) is 0 Å². The Morgan fingerprint density at radius 2 is 2.16 bits per heavy atom. The molecule has 0 unspecified atom stereocenters. The molecule has 1 aliphatic rings. The van der Waals surface area contributed by atoms with Gasteiger partial charge in [0.1, 0.15) is 5.69 Å². The zero-order valence-corrected chi connectivity index (χ0v) is 10.3. The molecule has 3 heterocycles. The molecule has 2 amide bonds. The summed E-state index contributed by atoms with van der Waals surface area (Å²) in [5.41, 5.74) is 7.26. The number of nitrogens with one attached hydrogen (secondary N) is 1. The Balaban J connectivity index is 1.82. The zero-order valence-electron chi connectivity index (χ0n) is 10.3. The number of rotatable bonds is 2.